The number of cyclic esters (lactones) is 1. The maximum atomic E-state index is 11.2. The van der Waals surface area contributed by atoms with Gasteiger partial charge in [0.2, 0.25) is 0 Å². The fourth-order valence-corrected chi connectivity index (χ4v) is 1.29. The summed E-state index contributed by atoms with van der Waals surface area (Å²) in [5, 5.41) is 9.25. The van der Waals surface area contributed by atoms with Crippen LogP contribution in [0.15, 0.2) is 0 Å². The molecule has 1 rings (SSSR count). The van der Waals surface area contributed by atoms with E-state index in [2.05, 4.69) is 9.47 Å². The van der Waals surface area contributed by atoms with Gasteiger partial charge in [0.25, 0.3) is 0 Å². The first-order valence-electron chi connectivity index (χ1n) is 4.13. The molecular weight excluding hydrogens is 176 g/mol. The molecule has 13 heavy (non-hydrogen) atoms. The van der Waals surface area contributed by atoms with Crippen LogP contribution in [0.4, 0.5) is 0 Å². The predicted molar refractivity (Wildman–Crippen MR) is 41.7 cm³/mol. The normalized spacial score (nSPS) is 32.8. The molecule has 1 heterocycles. The van der Waals surface area contributed by atoms with Crippen LogP contribution >= 0.6 is 0 Å². The molecule has 0 amide bonds. The van der Waals surface area contributed by atoms with Gasteiger partial charge in [0, 0.05) is 0 Å². The quantitative estimate of drug-likeness (QED) is 0.590. The molecule has 5 heteroatoms. The molecule has 0 bridgehead atoms. The van der Waals surface area contributed by atoms with Gasteiger partial charge in [-0.25, -0.2) is 4.79 Å². The summed E-state index contributed by atoms with van der Waals surface area (Å²) in [6, 6.07) is 0. The average Bonchev–Trinajstić information content (AvgIpc) is 2.27. The van der Waals surface area contributed by atoms with Crippen LogP contribution in [0, 0.1) is 5.92 Å². The molecule has 0 spiro atoms. The number of aliphatic hydroxyl groups is 1. The van der Waals surface area contributed by atoms with Crippen molar-refractivity contribution >= 4 is 11.9 Å². The third kappa shape index (κ3) is 1.80. The third-order valence-electron chi connectivity index (χ3n) is 1.95. The van der Waals surface area contributed by atoms with Gasteiger partial charge in [0.1, 0.15) is 12.0 Å². The van der Waals surface area contributed by atoms with Crippen LogP contribution in [0.1, 0.15) is 13.8 Å². The topological polar surface area (TPSA) is 72.8 Å². The number of hydrogen-bond acceptors (Lipinski definition) is 5. The molecule has 0 aromatic rings. The number of carbonyl (C=O) groups is 2. The van der Waals surface area contributed by atoms with E-state index in [1.807, 2.05) is 0 Å². The van der Waals surface area contributed by atoms with Gasteiger partial charge in [0.15, 0.2) is 6.10 Å². The van der Waals surface area contributed by atoms with Crippen LogP contribution in [-0.2, 0) is 19.1 Å². The Labute approximate surface area is 75.6 Å². The zero-order valence-corrected chi connectivity index (χ0v) is 7.52. The summed E-state index contributed by atoms with van der Waals surface area (Å²) in [4.78, 5) is 22.0. The molecule has 5 nitrogen and oxygen atoms in total. The number of aliphatic hydroxyl groups excluding tert-OH is 1. The van der Waals surface area contributed by atoms with E-state index in [-0.39, 0.29) is 6.61 Å². The van der Waals surface area contributed by atoms with E-state index in [1.165, 1.54) is 0 Å². The fourth-order valence-electron chi connectivity index (χ4n) is 1.29. The highest BCUT2D eigenvalue weighted by molar-refractivity contribution is 5.87. The molecule has 74 valence electrons. The Morgan fingerprint density at radius 1 is 1.69 bits per heavy atom. The monoisotopic (exact) mass is 188 g/mol. The molecule has 0 aromatic carbocycles. The smallest absolute Gasteiger partial charge is 0.336 e. The van der Waals surface area contributed by atoms with Crippen molar-refractivity contribution in [2.75, 3.05) is 6.61 Å². The number of carbonyl (C=O) groups excluding carboxylic acids is 2. The van der Waals surface area contributed by atoms with Gasteiger partial charge in [-0.15, -0.1) is 0 Å². The minimum Gasteiger partial charge on any atom is -0.466 e. The Bertz CT molecular complexity index is 225. The van der Waals surface area contributed by atoms with Gasteiger partial charge in [-0.1, -0.05) is 0 Å². The van der Waals surface area contributed by atoms with Crippen molar-refractivity contribution in [3.8, 4) is 0 Å². The molecule has 1 N–H and O–H groups in total. The van der Waals surface area contributed by atoms with Crippen LogP contribution in [0.25, 0.3) is 0 Å². The van der Waals surface area contributed by atoms with Gasteiger partial charge < -0.3 is 14.6 Å². The lowest BCUT2D eigenvalue weighted by Crippen LogP contribution is -2.33. The minimum absolute atomic E-state index is 0.225. The Balaban J connectivity index is 2.68. The van der Waals surface area contributed by atoms with Crippen molar-refractivity contribution < 1.29 is 24.2 Å². The lowest BCUT2D eigenvalue weighted by atomic mass is 10.0. The van der Waals surface area contributed by atoms with E-state index in [1.54, 1.807) is 13.8 Å². The van der Waals surface area contributed by atoms with Gasteiger partial charge in [-0.05, 0) is 13.8 Å². The summed E-state index contributed by atoms with van der Waals surface area (Å²) in [6.45, 7) is 3.44. The highest BCUT2D eigenvalue weighted by Crippen LogP contribution is 2.23. The second-order valence-electron chi connectivity index (χ2n) is 2.86. The molecule has 1 aliphatic heterocycles. The second kappa shape index (κ2) is 3.74. The molecule has 1 fully saturated rings. The molecule has 3 unspecified atom stereocenters. The maximum absolute atomic E-state index is 11.2. The zero-order valence-electron chi connectivity index (χ0n) is 7.52. The van der Waals surface area contributed by atoms with Crippen molar-refractivity contribution in [1.82, 2.24) is 0 Å². The van der Waals surface area contributed by atoms with E-state index in [4.69, 9.17) is 0 Å². The first kappa shape index (κ1) is 9.98. The van der Waals surface area contributed by atoms with Crippen molar-refractivity contribution in [1.29, 1.82) is 0 Å². The second-order valence-corrected chi connectivity index (χ2v) is 2.86. The van der Waals surface area contributed by atoms with E-state index in [0.717, 1.165) is 0 Å². The number of ether oxygens (including phenoxy) is 2. The largest absolute Gasteiger partial charge is 0.466 e. The van der Waals surface area contributed by atoms with Crippen LogP contribution in [-0.4, -0.2) is 35.9 Å². The SMILES string of the molecule is CCOC(=O)C1C(C)OC(=O)C1O. The van der Waals surface area contributed by atoms with Gasteiger partial charge >= 0.3 is 11.9 Å². The van der Waals surface area contributed by atoms with Crippen molar-refractivity contribution in [3.05, 3.63) is 0 Å². The third-order valence-corrected chi connectivity index (χ3v) is 1.95. The van der Waals surface area contributed by atoms with Crippen LogP contribution in [0.3, 0.4) is 0 Å². The molecule has 0 radical (unpaired) electrons. The molecule has 0 aromatic heterocycles. The summed E-state index contributed by atoms with van der Waals surface area (Å²) < 4.78 is 9.35. The lowest BCUT2D eigenvalue weighted by Gasteiger charge is -2.12. The standard InChI is InChI=1S/C8H12O5/c1-3-12-7(10)5-4(2)13-8(11)6(5)9/h4-6,9H,3H2,1-2H3. The van der Waals surface area contributed by atoms with Gasteiger partial charge in [-0.3, -0.25) is 4.79 Å². The highest BCUT2D eigenvalue weighted by Gasteiger charge is 2.46. The van der Waals surface area contributed by atoms with Crippen molar-refractivity contribution in [3.63, 3.8) is 0 Å². The van der Waals surface area contributed by atoms with E-state index >= 15 is 0 Å². The molecule has 1 saturated heterocycles. The van der Waals surface area contributed by atoms with E-state index < -0.39 is 30.1 Å². The average molecular weight is 188 g/mol. The Kier molecular flexibility index (Phi) is 2.87. The molecule has 1 aliphatic rings. The van der Waals surface area contributed by atoms with Crippen LogP contribution < -0.4 is 0 Å². The van der Waals surface area contributed by atoms with Crippen LogP contribution in [0.5, 0.6) is 0 Å². The summed E-state index contributed by atoms with van der Waals surface area (Å²) >= 11 is 0. The lowest BCUT2D eigenvalue weighted by molar-refractivity contribution is -0.153. The molecular formula is C8H12O5. The fraction of sp³-hybridized carbons (Fsp3) is 0.750. The maximum Gasteiger partial charge on any atom is 0.336 e. The van der Waals surface area contributed by atoms with Gasteiger partial charge in [0.05, 0.1) is 6.61 Å². The first-order chi connectivity index (χ1) is 6.07. The Hall–Kier alpha value is -1.10. The van der Waals surface area contributed by atoms with E-state index in [0.29, 0.717) is 0 Å². The van der Waals surface area contributed by atoms with Crippen LogP contribution in [0.2, 0.25) is 0 Å². The zero-order chi connectivity index (χ0) is 10.0. The Morgan fingerprint density at radius 2 is 2.31 bits per heavy atom. The summed E-state index contributed by atoms with van der Waals surface area (Å²) in [6.07, 6.45) is -1.99. The number of esters is 2. The summed E-state index contributed by atoms with van der Waals surface area (Å²) in [7, 11) is 0. The van der Waals surface area contributed by atoms with E-state index in [9.17, 15) is 14.7 Å². The van der Waals surface area contributed by atoms with Crippen molar-refractivity contribution in [2.45, 2.75) is 26.1 Å². The van der Waals surface area contributed by atoms with Gasteiger partial charge in [-0.2, -0.15) is 0 Å². The molecule has 0 aliphatic carbocycles. The number of rotatable bonds is 2. The predicted octanol–water partition coefficient (Wildman–Crippen LogP) is -0.528. The summed E-state index contributed by atoms with van der Waals surface area (Å²) in [5.74, 6) is -2.23. The highest BCUT2D eigenvalue weighted by atomic mass is 16.6. The summed E-state index contributed by atoms with van der Waals surface area (Å²) in [5.41, 5.74) is 0. The number of hydrogen-bond donors (Lipinski definition) is 1. The minimum atomic E-state index is -1.38. The van der Waals surface area contributed by atoms with Crippen molar-refractivity contribution in [2.24, 2.45) is 5.92 Å². The Morgan fingerprint density at radius 3 is 2.69 bits per heavy atom. The first-order valence-corrected chi connectivity index (χ1v) is 4.13. The molecule has 0 saturated carbocycles. The molecule has 3 atom stereocenters.